The number of hydrogen-bond donors (Lipinski definition) is 2. The van der Waals surface area contributed by atoms with Crippen LogP contribution >= 0.6 is 23.1 Å². The zero-order valence-corrected chi connectivity index (χ0v) is 14.1. The van der Waals surface area contributed by atoms with Crippen LogP contribution in [0.15, 0.2) is 28.6 Å². The molecule has 1 aromatic heterocycles. The summed E-state index contributed by atoms with van der Waals surface area (Å²) in [6.45, 7) is 1.81. The van der Waals surface area contributed by atoms with Crippen molar-refractivity contribution < 1.29 is 4.79 Å². The first-order valence-electron chi connectivity index (χ1n) is 7.22. The average Bonchev–Trinajstić information content (AvgIpc) is 3.26. The Morgan fingerprint density at radius 1 is 1.43 bits per heavy atom. The minimum atomic E-state index is -0.330. The summed E-state index contributed by atoms with van der Waals surface area (Å²) < 4.78 is 0.754. The lowest BCUT2D eigenvalue weighted by Gasteiger charge is -2.11. The number of amides is 1. The van der Waals surface area contributed by atoms with E-state index in [9.17, 15) is 4.79 Å². The molecule has 0 spiro atoms. The number of aromatic nitrogens is 2. The van der Waals surface area contributed by atoms with Gasteiger partial charge in [0.15, 0.2) is 4.34 Å². The Kier molecular flexibility index (Phi) is 4.79. The van der Waals surface area contributed by atoms with Crippen molar-refractivity contribution in [2.24, 2.45) is 0 Å². The van der Waals surface area contributed by atoms with Gasteiger partial charge in [0.2, 0.25) is 11.0 Å². The van der Waals surface area contributed by atoms with Gasteiger partial charge in [0.25, 0.3) is 0 Å². The number of hydrogen-bond acceptors (Lipinski definition) is 7. The lowest BCUT2D eigenvalue weighted by Crippen LogP contribution is -2.22. The van der Waals surface area contributed by atoms with Crippen LogP contribution in [0.1, 0.15) is 25.3 Å². The molecule has 1 fully saturated rings. The maximum atomic E-state index is 12.3. The molecule has 1 saturated carbocycles. The summed E-state index contributed by atoms with van der Waals surface area (Å²) >= 11 is 2.82. The number of rotatable bonds is 6. The minimum absolute atomic E-state index is 0.162. The van der Waals surface area contributed by atoms with Crippen LogP contribution in [0.3, 0.4) is 0 Å². The first-order valence-corrected chi connectivity index (χ1v) is 8.92. The van der Waals surface area contributed by atoms with Crippen molar-refractivity contribution in [2.45, 2.75) is 35.4 Å². The van der Waals surface area contributed by atoms with Crippen LogP contribution in [0.2, 0.25) is 0 Å². The molecule has 3 rings (SSSR count). The normalized spacial score (nSPS) is 14.8. The van der Waals surface area contributed by atoms with Gasteiger partial charge in [-0.15, -0.1) is 10.2 Å². The monoisotopic (exact) mass is 345 g/mol. The summed E-state index contributed by atoms with van der Waals surface area (Å²) in [4.78, 5) is 12.3. The third-order valence-corrected chi connectivity index (χ3v) is 5.30. The second-order valence-corrected chi connectivity index (χ2v) is 7.76. The highest BCUT2D eigenvalue weighted by Crippen LogP contribution is 2.32. The molecule has 0 aliphatic heterocycles. The lowest BCUT2D eigenvalue weighted by molar-refractivity contribution is -0.115. The van der Waals surface area contributed by atoms with Crippen LogP contribution in [0, 0.1) is 11.3 Å². The fourth-order valence-electron chi connectivity index (χ4n) is 1.85. The van der Waals surface area contributed by atoms with Crippen molar-refractivity contribution >= 4 is 39.8 Å². The number of para-hydroxylation sites is 1. The summed E-state index contributed by atoms with van der Waals surface area (Å²) in [5.41, 5.74) is 0.977. The van der Waals surface area contributed by atoms with Crippen LogP contribution in [0.25, 0.3) is 0 Å². The summed E-state index contributed by atoms with van der Waals surface area (Å²) in [5.74, 6) is -0.162. The van der Waals surface area contributed by atoms with E-state index in [-0.39, 0.29) is 11.2 Å². The van der Waals surface area contributed by atoms with Gasteiger partial charge in [-0.25, -0.2) is 0 Å². The second kappa shape index (κ2) is 6.98. The molecule has 1 aliphatic carbocycles. The Morgan fingerprint density at radius 3 is 2.96 bits per heavy atom. The number of nitrogens with one attached hydrogen (secondary N) is 2. The van der Waals surface area contributed by atoms with Crippen LogP contribution in [-0.2, 0) is 4.79 Å². The molecule has 2 N–H and O–H groups in total. The van der Waals surface area contributed by atoms with Gasteiger partial charge in [-0.05, 0) is 31.9 Å². The molecule has 1 atom stereocenters. The Labute approximate surface area is 142 Å². The molecule has 6 nitrogen and oxygen atoms in total. The molecule has 0 saturated heterocycles. The highest BCUT2D eigenvalue weighted by Gasteiger charge is 2.23. The Balaban J connectivity index is 1.58. The van der Waals surface area contributed by atoms with Crippen LogP contribution < -0.4 is 10.6 Å². The lowest BCUT2D eigenvalue weighted by atomic mass is 10.2. The van der Waals surface area contributed by atoms with Gasteiger partial charge < -0.3 is 10.6 Å². The number of nitriles is 1. The van der Waals surface area contributed by atoms with E-state index in [1.807, 2.05) is 6.92 Å². The van der Waals surface area contributed by atoms with Crippen molar-refractivity contribution in [2.75, 3.05) is 10.6 Å². The van der Waals surface area contributed by atoms with Crippen LogP contribution in [0.5, 0.6) is 0 Å². The second-order valence-electron chi connectivity index (χ2n) is 5.20. The maximum Gasteiger partial charge on any atom is 0.237 e. The molecule has 1 heterocycles. The van der Waals surface area contributed by atoms with E-state index in [4.69, 9.17) is 5.26 Å². The fraction of sp³-hybridized carbons (Fsp3) is 0.333. The zero-order chi connectivity index (χ0) is 16.2. The third kappa shape index (κ3) is 4.21. The van der Waals surface area contributed by atoms with Crippen molar-refractivity contribution in [3.8, 4) is 6.07 Å². The first kappa shape index (κ1) is 15.8. The number of anilines is 2. The predicted octanol–water partition coefficient (Wildman–Crippen LogP) is 3.10. The molecule has 1 aromatic carbocycles. The predicted molar refractivity (Wildman–Crippen MR) is 91.7 cm³/mol. The van der Waals surface area contributed by atoms with E-state index in [0.717, 1.165) is 9.47 Å². The highest BCUT2D eigenvalue weighted by atomic mass is 32.2. The van der Waals surface area contributed by atoms with Gasteiger partial charge in [0, 0.05) is 6.04 Å². The fourth-order valence-corrected chi connectivity index (χ4v) is 3.82. The molecule has 23 heavy (non-hydrogen) atoms. The number of nitrogens with zero attached hydrogens (tertiary/aromatic N) is 3. The van der Waals surface area contributed by atoms with E-state index in [1.165, 1.54) is 35.9 Å². The molecule has 2 aromatic rings. The van der Waals surface area contributed by atoms with Crippen molar-refractivity contribution in [3.63, 3.8) is 0 Å². The standard InChI is InChI=1S/C15H15N5OS2/c1-9(13(21)18-12-5-3-2-4-10(12)8-16)22-15-20-19-14(23-15)17-11-6-7-11/h2-5,9,11H,6-7H2,1H3,(H,17,19)(H,18,21). The molecule has 1 unspecified atom stereocenters. The smallest absolute Gasteiger partial charge is 0.237 e. The summed E-state index contributed by atoms with van der Waals surface area (Å²) in [6.07, 6.45) is 2.36. The van der Waals surface area contributed by atoms with E-state index < -0.39 is 0 Å². The van der Waals surface area contributed by atoms with Gasteiger partial charge in [0.05, 0.1) is 16.5 Å². The van der Waals surface area contributed by atoms with Crippen molar-refractivity contribution in [1.82, 2.24) is 10.2 Å². The number of benzene rings is 1. The van der Waals surface area contributed by atoms with Crippen molar-refractivity contribution in [1.29, 1.82) is 5.26 Å². The van der Waals surface area contributed by atoms with Gasteiger partial charge in [-0.2, -0.15) is 5.26 Å². The number of carbonyl (C=O) groups excluding carboxylic acids is 1. The van der Waals surface area contributed by atoms with Gasteiger partial charge in [-0.1, -0.05) is 35.2 Å². The van der Waals surface area contributed by atoms with Gasteiger partial charge >= 0.3 is 0 Å². The maximum absolute atomic E-state index is 12.3. The number of thioether (sulfide) groups is 1. The topological polar surface area (TPSA) is 90.7 Å². The summed E-state index contributed by atoms with van der Waals surface area (Å²) in [6, 6.07) is 9.54. The summed E-state index contributed by atoms with van der Waals surface area (Å²) in [7, 11) is 0. The Morgan fingerprint density at radius 2 is 2.22 bits per heavy atom. The number of carbonyl (C=O) groups is 1. The highest BCUT2D eigenvalue weighted by molar-refractivity contribution is 8.02. The first-order chi connectivity index (χ1) is 11.2. The van der Waals surface area contributed by atoms with E-state index in [1.54, 1.807) is 24.3 Å². The van der Waals surface area contributed by atoms with Gasteiger partial charge in [-0.3, -0.25) is 4.79 Å². The average molecular weight is 345 g/mol. The quantitative estimate of drug-likeness (QED) is 0.782. The van der Waals surface area contributed by atoms with Gasteiger partial charge in [0.1, 0.15) is 6.07 Å². The Bertz CT molecular complexity index is 750. The van der Waals surface area contributed by atoms with E-state index in [2.05, 4.69) is 26.9 Å². The van der Waals surface area contributed by atoms with Crippen LogP contribution in [0.4, 0.5) is 10.8 Å². The van der Waals surface area contributed by atoms with Crippen molar-refractivity contribution in [3.05, 3.63) is 29.8 Å². The third-order valence-electron chi connectivity index (χ3n) is 3.26. The van der Waals surface area contributed by atoms with E-state index in [0.29, 0.717) is 17.3 Å². The molecular formula is C15H15N5OS2. The zero-order valence-electron chi connectivity index (χ0n) is 12.4. The van der Waals surface area contributed by atoms with E-state index >= 15 is 0 Å². The largest absolute Gasteiger partial charge is 0.357 e. The molecule has 0 radical (unpaired) electrons. The summed E-state index contributed by atoms with van der Waals surface area (Å²) in [5, 5.41) is 23.8. The molecule has 0 bridgehead atoms. The molecule has 1 amide bonds. The molecule has 1 aliphatic rings. The Hall–Kier alpha value is -2.11. The molecule has 8 heteroatoms. The molecule has 118 valence electrons. The molecular weight excluding hydrogens is 330 g/mol. The SMILES string of the molecule is CC(Sc1nnc(NC2CC2)s1)C(=O)Nc1ccccc1C#N. The van der Waals surface area contributed by atoms with Crippen LogP contribution in [-0.4, -0.2) is 27.4 Å². The minimum Gasteiger partial charge on any atom is -0.357 e.